The average molecular weight is 327 g/mol. The Balaban J connectivity index is 1.55. The van der Waals surface area contributed by atoms with Crippen LogP contribution in [-0.4, -0.2) is 28.2 Å². The number of aryl methyl sites for hydroxylation is 1. The Hall–Kier alpha value is -2.34. The van der Waals surface area contributed by atoms with Crippen molar-refractivity contribution in [3.63, 3.8) is 0 Å². The molecule has 2 aliphatic heterocycles. The highest BCUT2D eigenvalue weighted by Gasteiger charge is 2.24. The molecule has 0 unspecified atom stereocenters. The highest BCUT2D eigenvalue weighted by Crippen LogP contribution is 2.36. The van der Waals surface area contributed by atoms with Crippen LogP contribution in [0, 0.1) is 0 Å². The summed E-state index contributed by atoms with van der Waals surface area (Å²) in [7, 11) is 0. The highest BCUT2D eigenvalue weighted by molar-refractivity contribution is 5.48. The Kier molecular flexibility index (Phi) is 3.98. The van der Waals surface area contributed by atoms with Gasteiger partial charge in [-0.3, -0.25) is 9.69 Å². The van der Waals surface area contributed by atoms with Crippen molar-refractivity contribution in [2.75, 3.05) is 13.3 Å². The molecule has 4 rings (SSSR count). The molecule has 6 heteroatoms. The molecule has 0 amide bonds. The highest BCUT2D eigenvalue weighted by atomic mass is 16.7. The summed E-state index contributed by atoms with van der Waals surface area (Å²) in [6, 6.07) is 5.95. The molecule has 1 aromatic heterocycles. The minimum atomic E-state index is 0.00558. The largest absolute Gasteiger partial charge is 0.454 e. The zero-order valence-corrected chi connectivity index (χ0v) is 13.8. The summed E-state index contributed by atoms with van der Waals surface area (Å²) in [5.41, 5.74) is 2.86. The van der Waals surface area contributed by atoms with E-state index in [1.54, 1.807) is 0 Å². The van der Waals surface area contributed by atoms with Crippen LogP contribution in [0.25, 0.3) is 0 Å². The average Bonchev–Trinajstić information content (AvgIpc) is 3.05. The lowest BCUT2D eigenvalue weighted by molar-refractivity contribution is 0.171. The maximum atomic E-state index is 12.4. The normalized spacial score (nSPS) is 16.2. The molecule has 3 heterocycles. The first-order valence-corrected chi connectivity index (χ1v) is 8.45. The number of rotatable bonds is 4. The van der Waals surface area contributed by atoms with Gasteiger partial charge in [0.25, 0.3) is 5.56 Å². The molecular weight excluding hydrogens is 306 g/mol. The van der Waals surface area contributed by atoms with E-state index in [0.717, 1.165) is 66.5 Å². The monoisotopic (exact) mass is 327 g/mol. The van der Waals surface area contributed by atoms with Crippen molar-refractivity contribution in [3.8, 4) is 11.5 Å². The van der Waals surface area contributed by atoms with Gasteiger partial charge in [0, 0.05) is 38.0 Å². The van der Waals surface area contributed by atoms with Crippen LogP contribution in [0.2, 0.25) is 0 Å². The molecule has 0 saturated heterocycles. The molecule has 0 radical (unpaired) electrons. The topological polar surface area (TPSA) is 67.5 Å². The van der Waals surface area contributed by atoms with Crippen LogP contribution in [0.15, 0.2) is 23.0 Å². The zero-order chi connectivity index (χ0) is 16.5. The molecule has 0 bridgehead atoms. The lowest BCUT2D eigenvalue weighted by atomic mass is 10.1. The maximum absolute atomic E-state index is 12.4. The van der Waals surface area contributed by atoms with Crippen LogP contribution in [0.4, 0.5) is 0 Å². The van der Waals surface area contributed by atoms with Crippen molar-refractivity contribution in [1.29, 1.82) is 0 Å². The predicted molar refractivity (Wildman–Crippen MR) is 89.2 cm³/mol. The number of aromatic nitrogens is 2. The molecule has 2 aromatic rings. The van der Waals surface area contributed by atoms with Crippen molar-refractivity contribution in [3.05, 3.63) is 51.2 Å². The van der Waals surface area contributed by atoms with Gasteiger partial charge in [0.1, 0.15) is 5.82 Å². The van der Waals surface area contributed by atoms with Crippen LogP contribution in [-0.2, 0) is 25.9 Å². The quantitative estimate of drug-likeness (QED) is 0.930. The lowest BCUT2D eigenvalue weighted by Crippen LogP contribution is -2.35. The van der Waals surface area contributed by atoms with E-state index in [0.29, 0.717) is 6.54 Å². The first-order valence-electron chi connectivity index (χ1n) is 8.45. The molecular formula is C18H21N3O3. The molecule has 0 spiro atoms. The van der Waals surface area contributed by atoms with Crippen LogP contribution in [0.5, 0.6) is 11.5 Å². The number of benzene rings is 1. The van der Waals surface area contributed by atoms with Gasteiger partial charge in [-0.2, -0.15) is 0 Å². The first-order chi connectivity index (χ1) is 11.7. The second kappa shape index (κ2) is 6.28. The number of hydrogen-bond donors (Lipinski definition) is 1. The van der Waals surface area contributed by atoms with Gasteiger partial charge >= 0.3 is 0 Å². The number of para-hydroxylation sites is 1. The van der Waals surface area contributed by atoms with Gasteiger partial charge in [0.2, 0.25) is 6.79 Å². The summed E-state index contributed by atoms with van der Waals surface area (Å²) in [4.78, 5) is 22.2. The second-order valence-corrected chi connectivity index (χ2v) is 6.30. The van der Waals surface area contributed by atoms with Crippen molar-refractivity contribution < 1.29 is 9.47 Å². The number of nitrogens with one attached hydrogen (secondary N) is 1. The second-order valence-electron chi connectivity index (χ2n) is 6.30. The van der Waals surface area contributed by atoms with Gasteiger partial charge in [-0.15, -0.1) is 0 Å². The number of nitrogens with zero attached hydrogens (tertiary/aromatic N) is 2. The van der Waals surface area contributed by atoms with Crippen LogP contribution >= 0.6 is 0 Å². The predicted octanol–water partition coefficient (Wildman–Crippen LogP) is 2.01. The summed E-state index contributed by atoms with van der Waals surface area (Å²) in [6.45, 7) is 4.61. The fourth-order valence-electron chi connectivity index (χ4n) is 3.38. The van der Waals surface area contributed by atoms with E-state index in [-0.39, 0.29) is 12.4 Å². The van der Waals surface area contributed by atoms with Crippen LogP contribution in [0.1, 0.15) is 36.0 Å². The summed E-state index contributed by atoms with van der Waals surface area (Å²) in [6.07, 6.45) is 2.61. The van der Waals surface area contributed by atoms with E-state index < -0.39 is 0 Å². The van der Waals surface area contributed by atoms with E-state index in [1.807, 2.05) is 12.1 Å². The van der Waals surface area contributed by atoms with Crippen molar-refractivity contribution >= 4 is 0 Å². The van der Waals surface area contributed by atoms with E-state index in [2.05, 4.69) is 27.9 Å². The molecule has 0 atom stereocenters. The summed E-state index contributed by atoms with van der Waals surface area (Å²) < 4.78 is 11.0. The van der Waals surface area contributed by atoms with E-state index in [4.69, 9.17) is 9.47 Å². The van der Waals surface area contributed by atoms with E-state index in [1.165, 1.54) is 0 Å². The Morgan fingerprint density at radius 3 is 3.12 bits per heavy atom. The van der Waals surface area contributed by atoms with E-state index >= 15 is 0 Å². The Labute approximate surface area is 140 Å². The molecule has 6 nitrogen and oxygen atoms in total. The first kappa shape index (κ1) is 15.2. The summed E-state index contributed by atoms with van der Waals surface area (Å²) in [5, 5.41) is 0. The van der Waals surface area contributed by atoms with Gasteiger partial charge < -0.3 is 14.5 Å². The summed E-state index contributed by atoms with van der Waals surface area (Å²) >= 11 is 0. The Morgan fingerprint density at radius 2 is 2.25 bits per heavy atom. The molecule has 2 aliphatic rings. The van der Waals surface area contributed by atoms with Gasteiger partial charge in [0.15, 0.2) is 11.5 Å². The van der Waals surface area contributed by atoms with Gasteiger partial charge in [0.05, 0.1) is 11.3 Å². The van der Waals surface area contributed by atoms with Crippen molar-refractivity contribution in [1.82, 2.24) is 14.9 Å². The SMILES string of the molecule is CCCc1nc2c(c(=O)[nH]1)CN(Cc1cccc3c1OCO3)CC2. The molecule has 126 valence electrons. The number of aromatic amines is 1. The van der Waals surface area contributed by atoms with E-state index in [9.17, 15) is 4.79 Å². The Bertz CT molecular complexity index is 816. The Morgan fingerprint density at radius 1 is 1.33 bits per heavy atom. The van der Waals surface area contributed by atoms with Gasteiger partial charge in [-0.05, 0) is 12.5 Å². The summed E-state index contributed by atoms with van der Waals surface area (Å²) in [5.74, 6) is 2.43. The smallest absolute Gasteiger partial charge is 0.255 e. The molecule has 1 N–H and O–H groups in total. The molecule has 0 aliphatic carbocycles. The molecule has 1 aromatic carbocycles. The fourth-order valence-corrected chi connectivity index (χ4v) is 3.38. The van der Waals surface area contributed by atoms with Crippen LogP contribution < -0.4 is 15.0 Å². The standard InChI is InChI=1S/C18H21N3O3/c1-2-4-16-19-14-7-8-21(10-13(14)18(22)20-16)9-12-5-3-6-15-17(12)24-11-23-15/h3,5-6H,2,4,7-11H2,1H3,(H,19,20,22). The fraction of sp³-hybridized carbons (Fsp3) is 0.444. The number of hydrogen-bond acceptors (Lipinski definition) is 5. The third-order valence-electron chi connectivity index (χ3n) is 4.56. The minimum Gasteiger partial charge on any atom is -0.454 e. The van der Waals surface area contributed by atoms with Crippen molar-refractivity contribution in [2.24, 2.45) is 0 Å². The minimum absolute atomic E-state index is 0.00558. The molecule has 0 fully saturated rings. The molecule has 24 heavy (non-hydrogen) atoms. The third kappa shape index (κ3) is 2.78. The van der Waals surface area contributed by atoms with Gasteiger partial charge in [-0.25, -0.2) is 4.98 Å². The molecule has 0 saturated carbocycles. The third-order valence-corrected chi connectivity index (χ3v) is 4.56. The maximum Gasteiger partial charge on any atom is 0.255 e. The van der Waals surface area contributed by atoms with Crippen LogP contribution in [0.3, 0.4) is 0 Å². The number of H-pyrrole nitrogens is 1. The zero-order valence-electron chi connectivity index (χ0n) is 13.8. The van der Waals surface area contributed by atoms with Crippen molar-refractivity contribution in [2.45, 2.75) is 39.3 Å². The lowest BCUT2D eigenvalue weighted by Gasteiger charge is -2.28. The number of ether oxygens (including phenoxy) is 2. The van der Waals surface area contributed by atoms with Gasteiger partial charge in [-0.1, -0.05) is 19.1 Å². The number of fused-ring (bicyclic) bond motifs is 2.